The molecule has 13 heavy (non-hydrogen) atoms. The lowest BCUT2D eigenvalue weighted by Crippen LogP contribution is -2.33. The van der Waals surface area contributed by atoms with Gasteiger partial charge in [0, 0.05) is 16.1 Å². The number of ketones is 1. The second kappa shape index (κ2) is 4.26. The maximum absolute atomic E-state index is 11.5. The molecule has 0 aliphatic heterocycles. The highest BCUT2D eigenvalue weighted by Gasteiger charge is 2.33. The van der Waals surface area contributed by atoms with Crippen LogP contribution >= 0.6 is 31.9 Å². The first kappa shape index (κ1) is 11.4. The van der Waals surface area contributed by atoms with Gasteiger partial charge in [-0.3, -0.25) is 4.79 Å². The summed E-state index contributed by atoms with van der Waals surface area (Å²) in [6.07, 6.45) is 3.74. The molecule has 1 aliphatic carbocycles. The minimum absolute atomic E-state index is 0.0415. The van der Waals surface area contributed by atoms with Gasteiger partial charge in [-0.1, -0.05) is 37.9 Å². The van der Waals surface area contributed by atoms with Gasteiger partial charge < -0.3 is 0 Å². The number of carbonyl (C=O) groups is 1. The van der Waals surface area contributed by atoms with Crippen molar-refractivity contribution in [2.75, 3.05) is 5.33 Å². The van der Waals surface area contributed by atoms with Gasteiger partial charge in [-0.25, -0.2) is 0 Å². The Morgan fingerprint density at radius 1 is 1.69 bits per heavy atom. The molecule has 1 rings (SSSR count). The van der Waals surface area contributed by atoms with E-state index in [0.29, 0.717) is 18.1 Å². The summed E-state index contributed by atoms with van der Waals surface area (Å²) in [6, 6.07) is 0. The van der Waals surface area contributed by atoms with Crippen LogP contribution in [-0.2, 0) is 4.79 Å². The van der Waals surface area contributed by atoms with Crippen molar-refractivity contribution in [3.63, 3.8) is 0 Å². The van der Waals surface area contributed by atoms with Gasteiger partial charge in [0.15, 0.2) is 5.78 Å². The molecule has 0 aromatic carbocycles. The third-order valence-electron chi connectivity index (χ3n) is 2.69. The molecule has 0 fully saturated rings. The summed E-state index contributed by atoms with van der Waals surface area (Å²) >= 11 is 7.12. The maximum atomic E-state index is 11.5. The number of hydrogen-bond donors (Lipinski definition) is 0. The molecule has 0 N–H and O–H groups in total. The molecule has 0 radical (unpaired) electrons. The van der Waals surface area contributed by atoms with E-state index in [0.717, 1.165) is 17.3 Å². The minimum atomic E-state index is 0.0415. The summed E-state index contributed by atoms with van der Waals surface area (Å²) in [5.41, 5.74) is 0.925. The summed E-state index contributed by atoms with van der Waals surface area (Å²) in [7, 11) is 0. The van der Waals surface area contributed by atoms with Crippen molar-refractivity contribution >= 4 is 37.6 Å². The lowest BCUT2D eigenvalue weighted by atomic mass is 9.82. The van der Waals surface area contributed by atoms with Crippen molar-refractivity contribution in [2.24, 2.45) is 5.92 Å². The van der Waals surface area contributed by atoms with Crippen molar-refractivity contribution in [1.82, 2.24) is 0 Å². The number of alkyl halides is 2. The summed E-state index contributed by atoms with van der Waals surface area (Å²) in [5, 5.41) is 0.880. The van der Waals surface area contributed by atoms with E-state index in [2.05, 4.69) is 44.9 Å². The summed E-state index contributed by atoms with van der Waals surface area (Å²) in [4.78, 5) is 11.5. The number of halogens is 2. The zero-order valence-electron chi connectivity index (χ0n) is 7.94. The normalized spacial score (nSPS) is 28.2. The Morgan fingerprint density at radius 2 is 2.31 bits per heavy atom. The molecular weight excluding hydrogens is 296 g/mol. The molecule has 0 aromatic rings. The molecule has 0 amide bonds. The van der Waals surface area contributed by atoms with E-state index >= 15 is 0 Å². The average molecular weight is 310 g/mol. The molecule has 74 valence electrons. The Labute approximate surface area is 96.2 Å². The van der Waals surface area contributed by atoms with Crippen molar-refractivity contribution in [3.05, 3.63) is 11.6 Å². The first-order valence-electron chi connectivity index (χ1n) is 4.42. The molecule has 1 nitrogen and oxygen atoms in total. The van der Waals surface area contributed by atoms with Crippen LogP contribution in [-0.4, -0.2) is 15.4 Å². The molecular formula is C10H14Br2O. The van der Waals surface area contributed by atoms with Crippen LogP contribution in [0.5, 0.6) is 0 Å². The molecule has 0 saturated heterocycles. The molecule has 0 aromatic heterocycles. The molecule has 0 heterocycles. The highest BCUT2D eigenvalue weighted by atomic mass is 79.9. The Morgan fingerprint density at radius 3 is 2.77 bits per heavy atom. The van der Waals surface area contributed by atoms with Crippen molar-refractivity contribution in [3.8, 4) is 0 Å². The summed E-state index contributed by atoms with van der Waals surface area (Å²) in [5.74, 6) is 0.714. The number of allylic oxidation sites excluding steroid dienone is 2. The lowest BCUT2D eigenvalue weighted by molar-refractivity contribution is -0.117. The monoisotopic (exact) mass is 308 g/mol. The number of rotatable bonds is 2. The fraction of sp³-hybridized carbons (Fsp3) is 0.700. The standard InChI is InChI=1S/C10H14Br2O/c1-7-3-4-8(5-9(7)13)10(2,12)6-11/h3,8H,4-6H2,1-2H3/t8-,10+/m0/s1. The Balaban J connectivity index is 2.73. The maximum Gasteiger partial charge on any atom is 0.158 e. The van der Waals surface area contributed by atoms with Crippen LogP contribution in [0.4, 0.5) is 0 Å². The van der Waals surface area contributed by atoms with Gasteiger partial charge in [0.2, 0.25) is 0 Å². The fourth-order valence-electron chi connectivity index (χ4n) is 1.47. The van der Waals surface area contributed by atoms with Crippen LogP contribution in [0.25, 0.3) is 0 Å². The van der Waals surface area contributed by atoms with E-state index < -0.39 is 0 Å². The van der Waals surface area contributed by atoms with Gasteiger partial charge >= 0.3 is 0 Å². The Hall–Kier alpha value is 0.370. The van der Waals surface area contributed by atoms with Gasteiger partial charge in [-0.05, 0) is 31.8 Å². The average Bonchev–Trinajstić information content (AvgIpc) is 2.09. The Kier molecular flexibility index (Phi) is 3.75. The number of carbonyl (C=O) groups excluding carboxylic acids is 1. The Bertz CT molecular complexity index is 243. The first-order chi connectivity index (χ1) is 5.97. The zero-order chi connectivity index (χ0) is 10.1. The van der Waals surface area contributed by atoms with Crippen LogP contribution in [0, 0.1) is 5.92 Å². The zero-order valence-corrected chi connectivity index (χ0v) is 11.1. The number of hydrogen-bond acceptors (Lipinski definition) is 1. The largest absolute Gasteiger partial charge is 0.295 e. The minimum Gasteiger partial charge on any atom is -0.295 e. The van der Waals surface area contributed by atoms with Crippen LogP contribution < -0.4 is 0 Å². The highest BCUT2D eigenvalue weighted by molar-refractivity contribution is 9.12. The van der Waals surface area contributed by atoms with E-state index in [4.69, 9.17) is 0 Å². The van der Waals surface area contributed by atoms with E-state index in [-0.39, 0.29) is 4.32 Å². The molecule has 1 aliphatic rings. The summed E-state index contributed by atoms with van der Waals surface area (Å²) in [6.45, 7) is 4.03. The predicted molar refractivity (Wildman–Crippen MR) is 62.6 cm³/mol. The quantitative estimate of drug-likeness (QED) is 0.714. The van der Waals surface area contributed by atoms with Gasteiger partial charge in [-0.2, -0.15) is 0 Å². The van der Waals surface area contributed by atoms with Gasteiger partial charge in [0.05, 0.1) is 0 Å². The van der Waals surface area contributed by atoms with Gasteiger partial charge in [-0.15, -0.1) is 0 Å². The lowest BCUT2D eigenvalue weighted by Gasteiger charge is -2.32. The van der Waals surface area contributed by atoms with Crippen LogP contribution in [0.1, 0.15) is 26.7 Å². The van der Waals surface area contributed by atoms with E-state index in [1.165, 1.54) is 0 Å². The fourth-order valence-corrected chi connectivity index (χ4v) is 2.28. The second-order valence-electron chi connectivity index (χ2n) is 3.86. The van der Waals surface area contributed by atoms with E-state index in [1.807, 2.05) is 6.92 Å². The first-order valence-corrected chi connectivity index (χ1v) is 6.33. The molecule has 0 unspecified atom stereocenters. The molecule has 0 saturated carbocycles. The van der Waals surface area contributed by atoms with Crippen molar-refractivity contribution in [1.29, 1.82) is 0 Å². The molecule has 0 spiro atoms. The summed E-state index contributed by atoms with van der Waals surface area (Å²) < 4.78 is 0.0415. The highest BCUT2D eigenvalue weighted by Crippen LogP contribution is 2.37. The third-order valence-corrected chi connectivity index (χ3v) is 5.54. The molecule has 2 atom stereocenters. The van der Waals surface area contributed by atoms with Crippen molar-refractivity contribution < 1.29 is 4.79 Å². The smallest absolute Gasteiger partial charge is 0.158 e. The number of Topliss-reactive ketones (excluding diaryl/α,β-unsaturated/α-hetero) is 1. The van der Waals surface area contributed by atoms with E-state index in [1.54, 1.807) is 0 Å². The SMILES string of the molecule is CC1=CC[C@H]([C@](C)(Br)CBr)CC1=O. The van der Waals surface area contributed by atoms with Crippen molar-refractivity contribution in [2.45, 2.75) is 31.0 Å². The molecule has 0 bridgehead atoms. The topological polar surface area (TPSA) is 17.1 Å². The van der Waals surface area contributed by atoms with Crippen LogP contribution in [0.2, 0.25) is 0 Å². The molecule has 3 heteroatoms. The predicted octanol–water partition coefficient (Wildman–Crippen LogP) is 3.46. The third kappa shape index (κ3) is 2.66. The van der Waals surface area contributed by atoms with Gasteiger partial charge in [0.25, 0.3) is 0 Å². The van der Waals surface area contributed by atoms with Crippen LogP contribution in [0.3, 0.4) is 0 Å². The van der Waals surface area contributed by atoms with Crippen LogP contribution in [0.15, 0.2) is 11.6 Å². The second-order valence-corrected chi connectivity index (χ2v) is 6.23. The van der Waals surface area contributed by atoms with E-state index in [9.17, 15) is 4.79 Å². The van der Waals surface area contributed by atoms with Gasteiger partial charge in [0.1, 0.15) is 0 Å².